The Hall–Kier alpha value is -1.15. The molecule has 124 valence electrons. The lowest BCUT2D eigenvalue weighted by Gasteiger charge is -2.41. The zero-order valence-electron chi connectivity index (χ0n) is 12.7. The molecular weight excluding hydrogens is 295 g/mol. The first-order chi connectivity index (χ1) is 10.4. The molecule has 1 saturated carbocycles. The van der Waals surface area contributed by atoms with Crippen LogP contribution in [0.2, 0.25) is 0 Å². The van der Waals surface area contributed by atoms with Crippen molar-refractivity contribution in [2.75, 3.05) is 32.7 Å². The van der Waals surface area contributed by atoms with Crippen LogP contribution in [0.3, 0.4) is 0 Å². The summed E-state index contributed by atoms with van der Waals surface area (Å²) in [5.41, 5.74) is 0. The first-order valence-corrected chi connectivity index (χ1v) is 7.79. The SMILES string of the molecule is Cc1nc(CN2CCN(CC3CC(C(F)(F)F)C3)CC2)n[nH]1. The third-order valence-electron chi connectivity index (χ3n) is 4.69. The fourth-order valence-electron chi connectivity index (χ4n) is 3.31. The quantitative estimate of drug-likeness (QED) is 0.920. The molecule has 22 heavy (non-hydrogen) atoms. The summed E-state index contributed by atoms with van der Waals surface area (Å²) in [6.07, 6.45) is -3.38. The Morgan fingerprint density at radius 3 is 2.32 bits per heavy atom. The van der Waals surface area contributed by atoms with Gasteiger partial charge in [-0.05, 0) is 25.7 Å². The van der Waals surface area contributed by atoms with E-state index in [1.54, 1.807) is 0 Å². The van der Waals surface area contributed by atoms with Gasteiger partial charge >= 0.3 is 6.18 Å². The molecule has 5 nitrogen and oxygen atoms in total. The Morgan fingerprint density at radius 2 is 1.77 bits per heavy atom. The molecule has 1 saturated heterocycles. The van der Waals surface area contributed by atoms with E-state index in [0.29, 0.717) is 12.8 Å². The topological polar surface area (TPSA) is 48.1 Å². The van der Waals surface area contributed by atoms with Gasteiger partial charge < -0.3 is 4.90 Å². The minimum Gasteiger partial charge on any atom is -0.301 e. The Bertz CT molecular complexity index is 487. The van der Waals surface area contributed by atoms with Gasteiger partial charge in [-0.3, -0.25) is 10.00 Å². The maximum atomic E-state index is 12.5. The summed E-state index contributed by atoms with van der Waals surface area (Å²) in [6.45, 7) is 7.08. The van der Waals surface area contributed by atoms with Crippen molar-refractivity contribution in [1.29, 1.82) is 0 Å². The van der Waals surface area contributed by atoms with Crippen molar-refractivity contribution in [3.8, 4) is 0 Å². The molecule has 2 fully saturated rings. The molecular formula is C14H22F3N5. The van der Waals surface area contributed by atoms with E-state index in [-0.39, 0.29) is 5.92 Å². The molecule has 2 heterocycles. The fraction of sp³-hybridized carbons (Fsp3) is 0.857. The standard InChI is InChI=1S/C14H22F3N5/c1-10-18-13(20-19-10)9-22-4-2-21(3-5-22)8-11-6-12(7-11)14(15,16)17/h11-12H,2-9H2,1H3,(H,18,19,20). The van der Waals surface area contributed by atoms with Crippen molar-refractivity contribution in [1.82, 2.24) is 25.0 Å². The summed E-state index contributed by atoms with van der Waals surface area (Å²) in [6, 6.07) is 0. The molecule has 2 aliphatic rings. The second-order valence-electron chi connectivity index (χ2n) is 6.49. The van der Waals surface area contributed by atoms with Crippen LogP contribution < -0.4 is 0 Å². The number of aryl methyl sites for hydroxylation is 1. The van der Waals surface area contributed by atoms with Crippen molar-refractivity contribution < 1.29 is 13.2 Å². The van der Waals surface area contributed by atoms with Crippen molar-refractivity contribution in [2.45, 2.75) is 32.5 Å². The number of nitrogens with zero attached hydrogens (tertiary/aromatic N) is 4. The monoisotopic (exact) mass is 317 g/mol. The highest BCUT2D eigenvalue weighted by atomic mass is 19.4. The summed E-state index contributed by atoms with van der Waals surface area (Å²) < 4.78 is 37.4. The van der Waals surface area contributed by atoms with E-state index >= 15 is 0 Å². The number of hydrogen-bond acceptors (Lipinski definition) is 4. The smallest absolute Gasteiger partial charge is 0.301 e. The van der Waals surface area contributed by atoms with Crippen molar-refractivity contribution in [3.05, 3.63) is 11.6 Å². The third kappa shape index (κ3) is 3.78. The van der Waals surface area contributed by atoms with E-state index in [0.717, 1.165) is 50.9 Å². The number of H-pyrrole nitrogens is 1. The second-order valence-corrected chi connectivity index (χ2v) is 6.49. The first kappa shape index (κ1) is 15.7. The molecule has 1 aromatic heterocycles. The van der Waals surface area contributed by atoms with E-state index in [1.165, 1.54) is 0 Å². The molecule has 0 atom stereocenters. The summed E-state index contributed by atoms with van der Waals surface area (Å²) in [5, 5.41) is 6.97. The van der Waals surface area contributed by atoms with Gasteiger partial charge in [-0.15, -0.1) is 0 Å². The van der Waals surface area contributed by atoms with Crippen LogP contribution in [-0.4, -0.2) is 63.9 Å². The van der Waals surface area contributed by atoms with Gasteiger partial charge in [0.15, 0.2) is 5.82 Å². The molecule has 1 aliphatic carbocycles. The summed E-state index contributed by atoms with van der Waals surface area (Å²) in [5.74, 6) is 0.775. The highest BCUT2D eigenvalue weighted by Gasteiger charge is 2.47. The number of hydrogen-bond donors (Lipinski definition) is 1. The number of halogens is 3. The van der Waals surface area contributed by atoms with Crippen molar-refractivity contribution in [2.24, 2.45) is 11.8 Å². The van der Waals surface area contributed by atoms with Crippen LogP contribution in [0.5, 0.6) is 0 Å². The van der Waals surface area contributed by atoms with Gasteiger partial charge in [-0.2, -0.15) is 18.3 Å². The summed E-state index contributed by atoms with van der Waals surface area (Å²) in [7, 11) is 0. The minimum absolute atomic E-state index is 0.217. The Kier molecular flexibility index (Phi) is 4.40. The van der Waals surface area contributed by atoms with Gasteiger partial charge in [0.2, 0.25) is 0 Å². The molecule has 3 rings (SSSR count). The number of piperazine rings is 1. The average Bonchev–Trinajstić information content (AvgIpc) is 2.79. The number of rotatable bonds is 4. The predicted octanol–water partition coefficient (Wildman–Crippen LogP) is 1.82. The molecule has 0 unspecified atom stereocenters. The Morgan fingerprint density at radius 1 is 1.14 bits per heavy atom. The zero-order valence-corrected chi connectivity index (χ0v) is 12.7. The molecule has 0 aromatic carbocycles. The number of alkyl halides is 3. The molecule has 1 aliphatic heterocycles. The summed E-state index contributed by atoms with van der Waals surface area (Å²) >= 11 is 0. The third-order valence-corrected chi connectivity index (χ3v) is 4.69. The Balaban J connectivity index is 1.36. The first-order valence-electron chi connectivity index (χ1n) is 7.79. The van der Waals surface area contributed by atoms with Gasteiger partial charge in [-0.1, -0.05) is 0 Å². The number of aromatic amines is 1. The van der Waals surface area contributed by atoms with E-state index < -0.39 is 12.1 Å². The van der Waals surface area contributed by atoms with E-state index in [1.807, 2.05) is 6.92 Å². The molecule has 0 bridgehead atoms. The zero-order chi connectivity index (χ0) is 15.7. The van der Waals surface area contributed by atoms with Crippen LogP contribution in [0.15, 0.2) is 0 Å². The lowest BCUT2D eigenvalue weighted by atomic mass is 9.74. The van der Waals surface area contributed by atoms with E-state index in [2.05, 4.69) is 25.0 Å². The molecule has 1 N–H and O–H groups in total. The minimum atomic E-state index is -4.00. The van der Waals surface area contributed by atoms with Crippen LogP contribution in [0.4, 0.5) is 13.2 Å². The lowest BCUT2D eigenvalue weighted by molar-refractivity contribution is -0.205. The van der Waals surface area contributed by atoms with Crippen LogP contribution in [0, 0.1) is 18.8 Å². The highest BCUT2D eigenvalue weighted by Crippen LogP contribution is 2.44. The van der Waals surface area contributed by atoms with Gasteiger partial charge in [0, 0.05) is 32.7 Å². The number of aromatic nitrogens is 3. The van der Waals surface area contributed by atoms with Gasteiger partial charge in [0.05, 0.1) is 12.5 Å². The van der Waals surface area contributed by atoms with Gasteiger partial charge in [0.25, 0.3) is 0 Å². The van der Waals surface area contributed by atoms with Crippen LogP contribution in [0.1, 0.15) is 24.5 Å². The maximum absolute atomic E-state index is 12.5. The van der Waals surface area contributed by atoms with Crippen molar-refractivity contribution >= 4 is 0 Å². The molecule has 0 amide bonds. The normalized spacial score (nSPS) is 27.8. The molecule has 0 spiro atoms. The largest absolute Gasteiger partial charge is 0.391 e. The summed E-state index contributed by atoms with van der Waals surface area (Å²) in [4.78, 5) is 8.88. The highest BCUT2D eigenvalue weighted by molar-refractivity contribution is 4.90. The molecule has 1 aromatic rings. The average molecular weight is 317 g/mol. The van der Waals surface area contributed by atoms with E-state index in [9.17, 15) is 13.2 Å². The predicted molar refractivity (Wildman–Crippen MR) is 75.1 cm³/mol. The number of nitrogens with one attached hydrogen (secondary N) is 1. The van der Waals surface area contributed by atoms with Gasteiger partial charge in [-0.25, -0.2) is 4.98 Å². The fourth-order valence-corrected chi connectivity index (χ4v) is 3.31. The van der Waals surface area contributed by atoms with Crippen LogP contribution >= 0.6 is 0 Å². The lowest BCUT2D eigenvalue weighted by Crippen LogP contribution is -2.49. The Labute approximate surface area is 127 Å². The maximum Gasteiger partial charge on any atom is 0.391 e. The second kappa shape index (κ2) is 6.16. The molecule has 0 radical (unpaired) electrons. The molecule has 8 heteroatoms. The van der Waals surface area contributed by atoms with Crippen LogP contribution in [0.25, 0.3) is 0 Å². The van der Waals surface area contributed by atoms with Gasteiger partial charge in [0.1, 0.15) is 5.82 Å². The van der Waals surface area contributed by atoms with E-state index in [4.69, 9.17) is 0 Å². The van der Waals surface area contributed by atoms with Crippen molar-refractivity contribution in [3.63, 3.8) is 0 Å². The van der Waals surface area contributed by atoms with Crippen LogP contribution in [-0.2, 0) is 6.54 Å².